The number of likely N-dealkylation sites (N-methyl/N-ethyl adjacent to an activating group) is 1. The van der Waals surface area contributed by atoms with E-state index < -0.39 is 18.0 Å². The minimum absolute atomic E-state index is 0.112. The van der Waals surface area contributed by atoms with Crippen molar-refractivity contribution in [3.63, 3.8) is 0 Å². The van der Waals surface area contributed by atoms with Gasteiger partial charge in [-0.25, -0.2) is 9.59 Å². The number of hydrogen-bond donors (Lipinski definition) is 3. The highest BCUT2D eigenvalue weighted by Gasteiger charge is 2.25. The van der Waals surface area contributed by atoms with Crippen LogP contribution in [0.2, 0.25) is 0 Å². The first kappa shape index (κ1) is 16.2. The molecule has 114 valence electrons. The predicted octanol–water partition coefficient (Wildman–Crippen LogP) is -1.08. The third-order valence-electron chi connectivity index (χ3n) is 3.32. The number of nitrogens with zero attached hydrogens (tertiary/aromatic N) is 2. The van der Waals surface area contributed by atoms with E-state index in [0.717, 1.165) is 18.0 Å². The summed E-state index contributed by atoms with van der Waals surface area (Å²) in [5, 5.41) is 14.6. The minimum Gasteiger partial charge on any atom is -0.480 e. The molecule has 1 saturated heterocycles. The molecule has 1 rings (SSSR count). The van der Waals surface area contributed by atoms with Crippen LogP contribution in [0.5, 0.6) is 0 Å². The second-order valence-corrected chi connectivity index (χ2v) is 4.66. The summed E-state index contributed by atoms with van der Waals surface area (Å²) in [7, 11) is 1.41. The smallest absolute Gasteiger partial charge is 0.326 e. The number of amides is 3. The highest BCUT2D eigenvalue weighted by atomic mass is 16.4. The first-order valence-electron chi connectivity index (χ1n) is 6.69. The molecular weight excluding hydrogens is 264 g/mol. The topological polar surface area (TPSA) is 102 Å². The van der Waals surface area contributed by atoms with Crippen molar-refractivity contribution in [3.05, 3.63) is 0 Å². The van der Waals surface area contributed by atoms with Gasteiger partial charge in [0, 0.05) is 33.2 Å². The lowest BCUT2D eigenvalue weighted by molar-refractivity contribution is -0.141. The summed E-state index contributed by atoms with van der Waals surface area (Å²) in [5.41, 5.74) is 0. The number of aliphatic carboxylic acids is 1. The Labute approximate surface area is 118 Å². The number of carbonyl (C=O) groups is 3. The average Bonchev–Trinajstić information content (AvgIpc) is 2.45. The fourth-order valence-corrected chi connectivity index (χ4v) is 2.06. The second-order valence-electron chi connectivity index (χ2n) is 4.66. The van der Waals surface area contributed by atoms with Gasteiger partial charge >= 0.3 is 12.0 Å². The zero-order valence-corrected chi connectivity index (χ0v) is 11.9. The van der Waals surface area contributed by atoms with E-state index in [4.69, 9.17) is 5.11 Å². The summed E-state index contributed by atoms with van der Waals surface area (Å²) in [6.07, 6.45) is 0.311. The van der Waals surface area contributed by atoms with Crippen molar-refractivity contribution in [3.8, 4) is 0 Å². The molecule has 1 fully saturated rings. The quantitative estimate of drug-likeness (QED) is 0.597. The van der Waals surface area contributed by atoms with Gasteiger partial charge in [-0.05, 0) is 6.42 Å². The molecule has 3 N–H and O–H groups in total. The Hall–Kier alpha value is -1.83. The van der Waals surface area contributed by atoms with Crippen molar-refractivity contribution in [1.29, 1.82) is 0 Å². The van der Waals surface area contributed by atoms with Gasteiger partial charge in [0.25, 0.3) is 0 Å². The Morgan fingerprint density at radius 2 is 1.95 bits per heavy atom. The number of carboxylic acid groups (broad SMARTS) is 1. The standard InChI is InChI=1S/C12H22N4O4/c1-3-9(11(18)19)15(2)12(20)14-8-10(17)16-6-4-13-5-7-16/h9,13H,3-8H2,1-2H3,(H,14,20)(H,18,19). The largest absolute Gasteiger partial charge is 0.480 e. The summed E-state index contributed by atoms with van der Waals surface area (Å²) >= 11 is 0. The zero-order valence-electron chi connectivity index (χ0n) is 11.9. The summed E-state index contributed by atoms with van der Waals surface area (Å²) in [6.45, 7) is 4.31. The number of carbonyl (C=O) groups excluding carboxylic acids is 2. The van der Waals surface area contributed by atoms with Crippen molar-refractivity contribution in [1.82, 2.24) is 20.4 Å². The molecule has 0 aromatic rings. The van der Waals surface area contributed by atoms with Crippen LogP contribution >= 0.6 is 0 Å². The monoisotopic (exact) mass is 286 g/mol. The van der Waals surface area contributed by atoms with Crippen molar-refractivity contribution >= 4 is 17.9 Å². The van der Waals surface area contributed by atoms with Gasteiger partial charge in [0.15, 0.2) is 0 Å². The molecule has 1 unspecified atom stereocenters. The molecule has 1 aliphatic heterocycles. The summed E-state index contributed by atoms with van der Waals surface area (Å²) in [4.78, 5) is 37.4. The van der Waals surface area contributed by atoms with E-state index in [1.54, 1.807) is 11.8 Å². The molecule has 0 radical (unpaired) electrons. The number of nitrogens with one attached hydrogen (secondary N) is 2. The molecule has 8 heteroatoms. The van der Waals surface area contributed by atoms with Crippen LogP contribution in [-0.4, -0.2) is 78.6 Å². The van der Waals surface area contributed by atoms with Crippen LogP contribution in [0.4, 0.5) is 4.79 Å². The number of rotatable bonds is 5. The van der Waals surface area contributed by atoms with E-state index in [-0.39, 0.29) is 12.5 Å². The molecule has 0 saturated carbocycles. The van der Waals surface area contributed by atoms with Gasteiger partial charge in [0.2, 0.25) is 5.91 Å². The maximum absolute atomic E-state index is 11.8. The molecule has 8 nitrogen and oxygen atoms in total. The molecular formula is C12H22N4O4. The molecule has 20 heavy (non-hydrogen) atoms. The van der Waals surface area contributed by atoms with Crippen LogP contribution in [0.3, 0.4) is 0 Å². The lowest BCUT2D eigenvalue weighted by Gasteiger charge is -2.28. The number of carboxylic acids is 1. The third kappa shape index (κ3) is 4.37. The number of hydrogen-bond acceptors (Lipinski definition) is 4. The van der Waals surface area contributed by atoms with Crippen LogP contribution in [0.1, 0.15) is 13.3 Å². The first-order chi connectivity index (χ1) is 9.47. The molecule has 0 spiro atoms. The fraction of sp³-hybridized carbons (Fsp3) is 0.750. The molecule has 0 aromatic carbocycles. The van der Waals surface area contributed by atoms with Gasteiger partial charge in [-0.3, -0.25) is 4.79 Å². The normalized spacial score (nSPS) is 16.4. The number of urea groups is 1. The van der Waals surface area contributed by atoms with Crippen molar-refractivity contribution in [2.45, 2.75) is 19.4 Å². The Balaban J connectivity index is 2.41. The molecule has 0 aliphatic carbocycles. The SMILES string of the molecule is CCC(C(=O)O)N(C)C(=O)NCC(=O)N1CCNCC1. The van der Waals surface area contributed by atoms with Gasteiger partial charge in [-0.2, -0.15) is 0 Å². The predicted molar refractivity (Wildman–Crippen MR) is 72.3 cm³/mol. The van der Waals surface area contributed by atoms with Gasteiger partial charge in [0.05, 0.1) is 6.54 Å². The van der Waals surface area contributed by atoms with Crippen molar-refractivity contribution in [2.24, 2.45) is 0 Å². The molecule has 1 aliphatic rings. The Morgan fingerprint density at radius 3 is 2.45 bits per heavy atom. The molecule has 1 atom stereocenters. The van der Waals surface area contributed by atoms with Gasteiger partial charge in [0.1, 0.15) is 6.04 Å². The van der Waals surface area contributed by atoms with E-state index in [1.807, 2.05) is 0 Å². The van der Waals surface area contributed by atoms with Crippen LogP contribution in [0.15, 0.2) is 0 Å². The highest BCUT2D eigenvalue weighted by molar-refractivity contribution is 5.86. The van der Waals surface area contributed by atoms with Crippen molar-refractivity contribution < 1.29 is 19.5 Å². The molecule has 0 bridgehead atoms. The van der Waals surface area contributed by atoms with E-state index in [9.17, 15) is 14.4 Å². The lowest BCUT2D eigenvalue weighted by Crippen LogP contribution is -2.52. The van der Waals surface area contributed by atoms with E-state index in [1.165, 1.54) is 7.05 Å². The van der Waals surface area contributed by atoms with Crippen LogP contribution in [0.25, 0.3) is 0 Å². The van der Waals surface area contributed by atoms with E-state index in [2.05, 4.69) is 10.6 Å². The summed E-state index contributed by atoms with van der Waals surface area (Å²) in [6, 6.07) is -1.44. The van der Waals surface area contributed by atoms with Gasteiger partial charge < -0.3 is 25.5 Å². The Morgan fingerprint density at radius 1 is 1.35 bits per heavy atom. The van der Waals surface area contributed by atoms with Gasteiger partial charge in [-0.1, -0.05) is 6.92 Å². The molecule has 3 amide bonds. The van der Waals surface area contributed by atoms with E-state index >= 15 is 0 Å². The maximum Gasteiger partial charge on any atom is 0.326 e. The van der Waals surface area contributed by atoms with Crippen molar-refractivity contribution in [2.75, 3.05) is 39.8 Å². The second kappa shape index (κ2) is 7.68. The number of piperazine rings is 1. The van der Waals surface area contributed by atoms with E-state index in [0.29, 0.717) is 19.5 Å². The highest BCUT2D eigenvalue weighted by Crippen LogP contribution is 2.02. The average molecular weight is 286 g/mol. The summed E-state index contributed by atoms with van der Waals surface area (Å²) < 4.78 is 0. The lowest BCUT2D eigenvalue weighted by atomic mass is 10.2. The van der Waals surface area contributed by atoms with Crippen LogP contribution in [-0.2, 0) is 9.59 Å². The van der Waals surface area contributed by atoms with Crippen LogP contribution < -0.4 is 10.6 Å². The third-order valence-corrected chi connectivity index (χ3v) is 3.32. The zero-order chi connectivity index (χ0) is 15.1. The maximum atomic E-state index is 11.8. The molecule has 1 heterocycles. The summed E-state index contributed by atoms with van der Waals surface area (Å²) in [5.74, 6) is -1.21. The minimum atomic E-state index is -1.06. The molecule has 0 aromatic heterocycles. The fourth-order valence-electron chi connectivity index (χ4n) is 2.06. The van der Waals surface area contributed by atoms with Crippen LogP contribution in [0, 0.1) is 0 Å². The first-order valence-corrected chi connectivity index (χ1v) is 6.69. The Bertz CT molecular complexity index is 368. The van der Waals surface area contributed by atoms with Gasteiger partial charge in [-0.15, -0.1) is 0 Å². The Kier molecular flexibility index (Phi) is 6.23.